The van der Waals surface area contributed by atoms with Gasteiger partial charge in [-0.1, -0.05) is 18.2 Å². The van der Waals surface area contributed by atoms with E-state index in [0.29, 0.717) is 12.1 Å². The number of nitrogens with one attached hydrogen (secondary N) is 1. The Morgan fingerprint density at radius 3 is 2.62 bits per heavy atom. The normalized spacial score (nSPS) is 13.8. The molecular formula is C11H14F3NO. The third-order valence-corrected chi connectivity index (χ3v) is 2.18. The highest BCUT2D eigenvalue weighted by Gasteiger charge is 2.30. The molecule has 1 aromatic rings. The summed E-state index contributed by atoms with van der Waals surface area (Å²) in [4.78, 5) is 0. The average molecular weight is 233 g/mol. The molecule has 1 unspecified atom stereocenters. The van der Waals surface area contributed by atoms with Gasteiger partial charge in [0.05, 0.1) is 12.2 Å². The first-order valence-electron chi connectivity index (χ1n) is 4.94. The number of benzene rings is 1. The van der Waals surface area contributed by atoms with Crippen molar-refractivity contribution < 1.29 is 18.3 Å². The summed E-state index contributed by atoms with van der Waals surface area (Å²) in [7, 11) is 0. The Bertz CT molecular complexity index is 338. The highest BCUT2D eigenvalue weighted by atomic mass is 19.4. The Hall–Kier alpha value is -1.07. The molecule has 0 saturated heterocycles. The van der Waals surface area contributed by atoms with Crippen LogP contribution in [0.25, 0.3) is 0 Å². The Labute approximate surface area is 92.1 Å². The lowest BCUT2D eigenvalue weighted by molar-refractivity contribution is -0.137. The maximum absolute atomic E-state index is 12.4. The first kappa shape index (κ1) is 13.0. The van der Waals surface area contributed by atoms with Crippen molar-refractivity contribution in [2.75, 3.05) is 6.61 Å². The molecule has 90 valence electrons. The molecule has 0 saturated carbocycles. The van der Waals surface area contributed by atoms with Gasteiger partial charge in [0.15, 0.2) is 0 Å². The smallest absolute Gasteiger partial charge is 0.395 e. The van der Waals surface area contributed by atoms with Crippen LogP contribution in [0.4, 0.5) is 13.2 Å². The molecule has 0 aliphatic rings. The second-order valence-electron chi connectivity index (χ2n) is 3.66. The van der Waals surface area contributed by atoms with Gasteiger partial charge < -0.3 is 10.4 Å². The monoisotopic (exact) mass is 233 g/mol. The molecule has 0 amide bonds. The summed E-state index contributed by atoms with van der Waals surface area (Å²) >= 11 is 0. The number of hydrogen-bond donors (Lipinski definition) is 2. The summed E-state index contributed by atoms with van der Waals surface area (Å²) in [5.74, 6) is 0. The van der Waals surface area contributed by atoms with E-state index in [1.165, 1.54) is 6.07 Å². The van der Waals surface area contributed by atoms with Crippen molar-refractivity contribution in [3.63, 3.8) is 0 Å². The Morgan fingerprint density at radius 2 is 2.06 bits per heavy atom. The van der Waals surface area contributed by atoms with E-state index in [9.17, 15) is 13.2 Å². The molecule has 0 aliphatic carbocycles. The zero-order valence-electron chi connectivity index (χ0n) is 8.88. The third-order valence-electron chi connectivity index (χ3n) is 2.18. The second-order valence-corrected chi connectivity index (χ2v) is 3.66. The number of hydrogen-bond acceptors (Lipinski definition) is 2. The highest BCUT2D eigenvalue weighted by molar-refractivity contribution is 5.25. The van der Waals surface area contributed by atoms with E-state index < -0.39 is 11.7 Å². The fraction of sp³-hybridized carbons (Fsp3) is 0.455. The summed E-state index contributed by atoms with van der Waals surface area (Å²) < 4.78 is 37.1. The first-order chi connectivity index (χ1) is 7.43. The van der Waals surface area contributed by atoms with Crippen LogP contribution in [0.1, 0.15) is 18.1 Å². The van der Waals surface area contributed by atoms with Gasteiger partial charge in [0.1, 0.15) is 0 Å². The number of aliphatic hydroxyl groups is 1. The molecule has 0 fully saturated rings. The first-order valence-corrected chi connectivity index (χ1v) is 4.94. The predicted octanol–water partition coefficient (Wildman–Crippen LogP) is 2.18. The van der Waals surface area contributed by atoms with Gasteiger partial charge in [-0.15, -0.1) is 0 Å². The minimum atomic E-state index is -4.31. The third kappa shape index (κ3) is 3.83. The summed E-state index contributed by atoms with van der Waals surface area (Å²) in [5, 5.41) is 11.7. The molecular weight excluding hydrogens is 219 g/mol. The van der Waals surface area contributed by atoms with E-state index in [-0.39, 0.29) is 12.6 Å². The van der Waals surface area contributed by atoms with Gasteiger partial charge in [-0.3, -0.25) is 0 Å². The Morgan fingerprint density at radius 1 is 1.38 bits per heavy atom. The van der Waals surface area contributed by atoms with Gasteiger partial charge in [0.2, 0.25) is 0 Å². The number of aliphatic hydroxyl groups excluding tert-OH is 1. The number of halogens is 3. The zero-order chi connectivity index (χ0) is 12.2. The molecule has 0 radical (unpaired) electrons. The molecule has 0 spiro atoms. The zero-order valence-corrected chi connectivity index (χ0v) is 8.88. The quantitative estimate of drug-likeness (QED) is 0.835. The standard InChI is InChI=1S/C11H14F3NO/c1-8(7-16)15-6-9-3-2-4-10(5-9)11(12,13)14/h2-5,8,15-16H,6-7H2,1H3. The van der Waals surface area contributed by atoms with Crippen LogP contribution >= 0.6 is 0 Å². The molecule has 0 aromatic heterocycles. The van der Waals surface area contributed by atoms with E-state index >= 15 is 0 Å². The number of alkyl halides is 3. The van der Waals surface area contributed by atoms with Crippen molar-refractivity contribution in [2.45, 2.75) is 25.7 Å². The fourth-order valence-electron chi connectivity index (χ4n) is 1.21. The van der Waals surface area contributed by atoms with Crippen LogP contribution in [0.15, 0.2) is 24.3 Å². The van der Waals surface area contributed by atoms with Crippen molar-refractivity contribution >= 4 is 0 Å². The lowest BCUT2D eigenvalue weighted by atomic mass is 10.1. The predicted molar refractivity (Wildman–Crippen MR) is 54.8 cm³/mol. The lowest BCUT2D eigenvalue weighted by Crippen LogP contribution is -2.28. The average Bonchev–Trinajstić information content (AvgIpc) is 2.25. The van der Waals surface area contributed by atoms with Gasteiger partial charge >= 0.3 is 6.18 Å². The molecule has 0 aliphatic heterocycles. The van der Waals surface area contributed by atoms with E-state index in [2.05, 4.69) is 5.32 Å². The maximum Gasteiger partial charge on any atom is 0.416 e. The molecule has 2 N–H and O–H groups in total. The van der Waals surface area contributed by atoms with Crippen molar-refractivity contribution in [3.8, 4) is 0 Å². The minimum Gasteiger partial charge on any atom is -0.395 e. The Kier molecular flexibility index (Phi) is 4.32. The van der Waals surface area contributed by atoms with Crippen LogP contribution in [-0.2, 0) is 12.7 Å². The molecule has 2 nitrogen and oxygen atoms in total. The van der Waals surface area contributed by atoms with Crippen LogP contribution in [0, 0.1) is 0 Å². The van der Waals surface area contributed by atoms with E-state index in [1.807, 2.05) is 0 Å². The lowest BCUT2D eigenvalue weighted by Gasteiger charge is -2.12. The van der Waals surface area contributed by atoms with Crippen molar-refractivity contribution in [1.29, 1.82) is 0 Å². The van der Waals surface area contributed by atoms with Crippen molar-refractivity contribution in [2.24, 2.45) is 0 Å². The van der Waals surface area contributed by atoms with Crippen LogP contribution in [-0.4, -0.2) is 17.8 Å². The Balaban J connectivity index is 2.68. The SMILES string of the molecule is CC(CO)NCc1cccc(C(F)(F)F)c1. The van der Waals surface area contributed by atoms with Gasteiger partial charge in [-0.25, -0.2) is 0 Å². The van der Waals surface area contributed by atoms with Crippen molar-refractivity contribution in [3.05, 3.63) is 35.4 Å². The molecule has 1 atom stereocenters. The molecule has 5 heteroatoms. The van der Waals surface area contributed by atoms with Gasteiger partial charge in [0, 0.05) is 12.6 Å². The van der Waals surface area contributed by atoms with Gasteiger partial charge in [0.25, 0.3) is 0 Å². The van der Waals surface area contributed by atoms with Crippen LogP contribution < -0.4 is 5.32 Å². The largest absolute Gasteiger partial charge is 0.416 e. The van der Waals surface area contributed by atoms with Crippen LogP contribution in [0.5, 0.6) is 0 Å². The molecule has 1 aromatic carbocycles. The van der Waals surface area contributed by atoms with Gasteiger partial charge in [-0.2, -0.15) is 13.2 Å². The van der Waals surface area contributed by atoms with E-state index in [4.69, 9.17) is 5.11 Å². The molecule has 16 heavy (non-hydrogen) atoms. The summed E-state index contributed by atoms with van der Waals surface area (Å²) in [6, 6.07) is 5.01. The maximum atomic E-state index is 12.4. The molecule has 0 bridgehead atoms. The van der Waals surface area contributed by atoms with E-state index in [1.54, 1.807) is 13.0 Å². The van der Waals surface area contributed by atoms with Gasteiger partial charge in [-0.05, 0) is 18.6 Å². The fourth-order valence-corrected chi connectivity index (χ4v) is 1.21. The highest BCUT2D eigenvalue weighted by Crippen LogP contribution is 2.29. The molecule has 0 heterocycles. The number of rotatable bonds is 4. The van der Waals surface area contributed by atoms with Crippen LogP contribution in [0.2, 0.25) is 0 Å². The van der Waals surface area contributed by atoms with Crippen LogP contribution in [0.3, 0.4) is 0 Å². The molecule has 1 rings (SSSR count). The van der Waals surface area contributed by atoms with E-state index in [0.717, 1.165) is 12.1 Å². The summed E-state index contributed by atoms with van der Waals surface area (Å²) in [6.07, 6.45) is -4.31. The second kappa shape index (κ2) is 5.32. The topological polar surface area (TPSA) is 32.3 Å². The summed E-state index contributed by atoms with van der Waals surface area (Å²) in [6.45, 7) is 2.03. The van der Waals surface area contributed by atoms with Crippen molar-refractivity contribution in [1.82, 2.24) is 5.32 Å². The summed E-state index contributed by atoms with van der Waals surface area (Å²) in [5.41, 5.74) is -0.0985. The minimum absolute atomic E-state index is 0.0427.